The van der Waals surface area contributed by atoms with Gasteiger partial charge in [-0.15, -0.1) is 0 Å². The summed E-state index contributed by atoms with van der Waals surface area (Å²) in [6, 6.07) is 4.81. The summed E-state index contributed by atoms with van der Waals surface area (Å²) in [7, 11) is 5.81. The molecule has 0 aliphatic heterocycles. The monoisotopic (exact) mass is 256 g/mol. The third-order valence-corrected chi connectivity index (χ3v) is 2.72. The molecule has 94 valence electrons. The van der Waals surface area contributed by atoms with E-state index in [2.05, 4.69) is 0 Å². The maximum atomic E-state index is 11.1. The Kier molecular flexibility index (Phi) is 4.78. The van der Waals surface area contributed by atoms with Crippen LogP contribution < -0.4 is 4.90 Å². The van der Waals surface area contributed by atoms with Crippen molar-refractivity contribution in [3.8, 4) is 0 Å². The zero-order valence-corrected chi connectivity index (χ0v) is 11.0. The second-order valence-corrected chi connectivity index (χ2v) is 4.63. The van der Waals surface area contributed by atoms with E-state index in [0.717, 1.165) is 13.1 Å². The van der Waals surface area contributed by atoms with Crippen molar-refractivity contribution in [2.75, 3.05) is 39.1 Å². The molecular formula is C12H17ClN2O2. The number of nitrogens with zero attached hydrogens (tertiary/aromatic N) is 2. The minimum Gasteiger partial charge on any atom is -0.478 e. The summed E-state index contributed by atoms with van der Waals surface area (Å²) in [6.07, 6.45) is 0. The average molecular weight is 257 g/mol. The molecule has 0 amide bonds. The van der Waals surface area contributed by atoms with E-state index in [9.17, 15) is 4.79 Å². The first kappa shape index (κ1) is 13.8. The standard InChI is InChI=1S/C12H17ClN2O2/c1-14(2)6-7-15(3)11-8-9(13)4-5-10(11)12(16)17/h4-5,8H,6-7H2,1-3H3,(H,16,17). The maximum Gasteiger partial charge on any atom is 0.337 e. The largest absolute Gasteiger partial charge is 0.478 e. The summed E-state index contributed by atoms with van der Waals surface area (Å²) < 4.78 is 0. The smallest absolute Gasteiger partial charge is 0.337 e. The first-order valence-electron chi connectivity index (χ1n) is 5.30. The number of aromatic carboxylic acids is 1. The zero-order valence-electron chi connectivity index (χ0n) is 10.3. The zero-order chi connectivity index (χ0) is 13.0. The van der Waals surface area contributed by atoms with E-state index in [0.29, 0.717) is 10.7 Å². The molecule has 0 saturated carbocycles. The normalized spacial score (nSPS) is 10.6. The second kappa shape index (κ2) is 5.89. The van der Waals surface area contributed by atoms with Gasteiger partial charge in [0.25, 0.3) is 0 Å². The van der Waals surface area contributed by atoms with Gasteiger partial charge in [-0.25, -0.2) is 4.79 Å². The Morgan fingerprint density at radius 3 is 2.47 bits per heavy atom. The van der Waals surface area contributed by atoms with Crippen molar-refractivity contribution in [1.29, 1.82) is 0 Å². The highest BCUT2D eigenvalue weighted by Crippen LogP contribution is 2.24. The minimum atomic E-state index is -0.937. The Morgan fingerprint density at radius 2 is 1.94 bits per heavy atom. The molecule has 0 unspecified atom stereocenters. The summed E-state index contributed by atoms with van der Waals surface area (Å²) in [4.78, 5) is 15.0. The molecule has 0 aliphatic rings. The first-order chi connectivity index (χ1) is 7.91. The molecule has 5 heteroatoms. The van der Waals surface area contributed by atoms with Crippen LogP contribution in [0.4, 0.5) is 5.69 Å². The lowest BCUT2D eigenvalue weighted by molar-refractivity contribution is 0.0697. The molecule has 1 N–H and O–H groups in total. The van der Waals surface area contributed by atoms with Gasteiger partial charge in [0.15, 0.2) is 0 Å². The number of anilines is 1. The van der Waals surface area contributed by atoms with Crippen molar-refractivity contribution in [2.45, 2.75) is 0 Å². The van der Waals surface area contributed by atoms with Crippen molar-refractivity contribution >= 4 is 23.3 Å². The Labute approximate surface area is 106 Å². The van der Waals surface area contributed by atoms with Gasteiger partial charge in [-0.2, -0.15) is 0 Å². The molecule has 0 radical (unpaired) electrons. The number of halogens is 1. The molecule has 0 saturated heterocycles. The molecule has 0 fully saturated rings. The van der Waals surface area contributed by atoms with E-state index in [-0.39, 0.29) is 5.56 Å². The van der Waals surface area contributed by atoms with Crippen LogP contribution in [0.2, 0.25) is 5.02 Å². The van der Waals surface area contributed by atoms with Crippen LogP contribution in [0.3, 0.4) is 0 Å². The molecule has 1 aromatic carbocycles. The Bertz CT molecular complexity index is 407. The summed E-state index contributed by atoms with van der Waals surface area (Å²) in [6.45, 7) is 1.59. The number of carbonyl (C=O) groups is 1. The molecule has 0 bridgehead atoms. The SMILES string of the molecule is CN(C)CCN(C)c1cc(Cl)ccc1C(=O)O. The lowest BCUT2D eigenvalue weighted by Gasteiger charge is -2.23. The van der Waals surface area contributed by atoms with Crippen molar-refractivity contribution in [3.05, 3.63) is 28.8 Å². The van der Waals surface area contributed by atoms with E-state index in [1.807, 2.05) is 30.9 Å². The molecule has 0 heterocycles. The van der Waals surface area contributed by atoms with Gasteiger partial charge < -0.3 is 14.9 Å². The van der Waals surface area contributed by atoms with Gasteiger partial charge in [0, 0.05) is 25.2 Å². The van der Waals surface area contributed by atoms with Crippen molar-refractivity contribution < 1.29 is 9.90 Å². The van der Waals surface area contributed by atoms with E-state index < -0.39 is 5.97 Å². The highest BCUT2D eigenvalue weighted by atomic mass is 35.5. The average Bonchev–Trinajstić information content (AvgIpc) is 2.25. The van der Waals surface area contributed by atoms with Gasteiger partial charge >= 0.3 is 5.97 Å². The predicted molar refractivity (Wildman–Crippen MR) is 70.2 cm³/mol. The van der Waals surface area contributed by atoms with Crippen LogP contribution in [0.15, 0.2) is 18.2 Å². The fourth-order valence-electron chi connectivity index (χ4n) is 1.47. The summed E-state index contributed by atoms with van der Waals surface area (Å²) in [5.74, 6) is -0.937. The highest BCUT2D eigenvalue weighted by molar-refractivity contribution is 6.31. The highest BCUT2D eigenvalue weighted by Gasteiger charge is 2.13. The number of hydrogen-bond acceptors (Lipinski definition) is 3. The van der Waals surface area contributed by atoms with Crippen LogP contribution >= 0.6 is 11.6 Å². The van der Waals surface area contributed by atoms with Gasteiger partial charge in [-0.3, -0.25) is 0 Å². The molecular weight excluding hydrogens is 240 g/mol. The summed E-state index contributed by atoms with van der Waals surface area (Å²) in [5.41, 5.74) is 0.919. The lowest BCUT2D eigenvalue weighted by Crippen LogP contribution is -2.29. The first-order valence-corrected chi connectivity index (χ1v) is 5.68. The topological polar surface area (TPSA) is 43.8 Å². The van der Waals surface area contributed by atoms with Gasteiger partial charge in [0.1, 0.15) is 0 Å². The molecule has 4 nitrogen and oxygen atoms in total. The lowest BCUT2D eigenvalue weighted by atomic mass is 10.1. The van der Waals surface area contributed by atoms with Gasteiger partial charge in [-0.1, -0.05) is 11.6 Å². The number of benzene rings is 1. The third kappa shape index (κ3) is 3.91. The fourth-order valence-corrected chi connectivity index (χ4v) is 1.64. The number of carboxylic acid groups (broad SMARTS) is 1. The van der Waals surface area contributed by atoms with Crippen LogP contribution in [0.25, 0.3) is 0 Å². The van der Waals surface area contributed by atoms with Crippen LogP contribution in [0.1, 0.15) is 10.4 Å². The van der Waals surface area contributed by atoms with E-state index >= 15 is 0 Å². The number of rotatable bonds is 5. The van der Waals surface area contributed by atoms with Gasteiger partial charge in [-0.05, 0) is 32.3 Å². The van der Waals surface area contributed by atoms with Crippen LogP contribution in [0.5, 0.6) is 0 Å². The Balaban J connectivity index is 2.94. The quantitative estimate of drug-likeness (QED) is 0.876. The fraction of sp³-hybridized carbons (Fsp3) is 0.417. The van der Waals surface area contributed by atoms with Crippen molar-refractivity contribution in [2.24, 2.45) is 0 Å². The Hall–Kier alpha value is -1.26. The van der Waals surface area contributed by atoms with Crippen LogP contribution in [-0.2, 0) is 0 Å². The second-order valence-electron chi connectivity index (χ2n) is 4.19. The molecule has 1 aromatic rings. The van der Waals surface area contributed by atoms with Crippen molar-refractivity contribution in [3.63, 3.8) is 0 Å². The number of likely N-dealkylation sites (N-methyl/N-ethyl adjacent to an activating group) is 2. The van der Waals surface area contributed by atoms with E-state index in [4.69, 9.17) is 16.7 Å². The van der Waals surface area contributed by atoms with E-state index in [1.54, 1.807) is 12.1 Å². The van der Waals surface area contributed by atoms with Crippen molar-refractivity contribution in [1.82, 2.24) is 4.90 Å². The molecule has 1 rings (SSSR count). The van der Waals surface area contributed by atoms with E-state index in [1.165, 1.54) is 6.07 Å². The predicted octanol–water partition coefficient (Wildman–Crippen LogP) is 2.04. The summed E-state index contributed by atoms with van der Waals surface area (Å²) >= 11 is 5.90. The van der Waals surface area contributed by atoms with Crippen LogP contribution in [-0.4, -0.2) is 50.2 Å². The number of hydrogen-bond donors (Lipinski definition) is 1. The molecule has 0 aromatic heterocycles. The summed E-state index contributed by atoms with van der Waals surface area (Å²) in [5, 5.41) is 9.65. The Morgan fingerprint density at radius 1 is 1.29 bits per heavy atom. The molecule has 0 aliphatic carbocycles. The van der Waals surface area contributed by atoms with Gasteiger partial charge in [0.2, 0.25) is 0 Å². The van der Waals surface area contributed by atoms with Crippen LogP contribution in [0, 0.1) is 0 Å². The molecule has 0 spiro atoms. The van der Waals surface area contributed by atoms with Gasteiger partial charge in [0.05, 0.1) is 11.3 Å². The molecule has 17 heavy (non-hydrogen) atoms. The minimum absolute atomic E-state index is 0.274. The maximum absolute atomic E-state index is 11.1. The third-order valence-electron chi connectivity index (χ3n) is 2.48. The number of carboxylic acids is 1. The molecule has 0 atom stereocenters.